The molecular weight excluding hydrogens is 385 g/mol. The first-order valence-electron chi connectivity index (χ1n) is 8.79. The van der Waals surface area contributed by atoms with Crippen LogP contribution in [0.2, 0.25) is 0 Å². The van der Waals surface area contributed by atoms with Gasteiger partial charge < -0.3 is 9.64 Å². The summed E-state index contributed by atoms with van der Waals surface area (Å²) in [7, 11) is 3.03. The fraction of sp³-hybridized carbons (Fsp3) is 0.444. The third-order valence-electron chi connectivity index (χ3n) is 4.46. The van der Waals surface area contributed by atoms with Gasteiger partial charge in [0, 0.05) is 53.0 Å². The van der Waals surface area contributed by atoms with E-state index >= 15 is 0 Å². The van der Waals surface area contributed by atoms with Crippen LogP contribution in [0, 0.1) is 5.82 Å². The van der Waals surface area contributed by atoms with Crippen LogP contribution in [0.25, 0.3) is 11.1 Å². The molecule has 0 N–H and O–H groups in total. The highest BCUT2D eigenvalue weighted by Crippen LogP contribution is 2.32. The van der Waals surface area contributed by atoms with Gasteiger partial charge in [-0.3, -0.25) is 0 Å². The molecule has 0 aliphatic carbocycles. The lowest BCUT2D eigenvalue weighted by atomic mass is 10.0. The van der Waals surface area contributed by atoms with Crippen LogP contribution in [0.1, 0.15) is 11.8 Å². The maximum Gasteiger partial charge on any atom is 0.281 e. The summed E-state index contributed by atoms with van der Waals surface area (Å²) in [5.41, 5.74) is 1.75. The topological polar surface area (TPSA) is 78.9 Å². The van der Waals surface area contributed by atoms with Gasteiger partial charge in [-0.2, -0.15) is 17.0 Å². The van der Waals surface area contributed by atoms with Gasteiger partial charge in [0.2, 0.25) is 5.95 Å². The van der Waals surface area contributed by atoms with Crippen LogP contribution in [-0.2, 0) is 14.9 Å². The summed E-state index contributed by atoms with van der Waals surface area (Å²) in [4.78, 5) is 10.7. The van der Waals surface area contributed by atoms with Gasteiger partial charge in [0.25, 0.3) is 10.2 Å². The molecule has 0 bridgehead atoms. The maximum atomic E-state index is 13.8. The van der Waals surface area contributed by atoms with E-state index in [2.05, 4.69) is 9.97 Å². The number of benzene rings is 1. The summed E-state index contributed by atoms with van der Waals surface area (Å²) in [5, 5.41) is 0. The summed E-state index contributed by atoms with van der Waals surface area (Å²) in [6.07, 6.45) is 1.03. The second kappa shape index (κ2) is 8.08. The van der Waals surface area contributed by atoms with Gasteiger partial charge >= 0.3 is 0 Å². The number of hydrogen-bond acceptors (Lipinski definition) is 6. The Morgan fingerprint density at radius 3 is 2.64 bits per heavy atom. The van der Waals surface area contributed by atoms with E-state index in [-0.39, 0.29) is 25.5 Å². The molecule has 0 amide bonds. The molecule has 1 fully saturated rings. The first kappa shape index (κ1) is 20.6. The highest BCUT2D eigenvalue weighted by molar-refractivity contribution is 7.86. The minimum atomic E-state index is -3.58. The molecule has 3 rings (SSSR count). The lowest BCUT2D eigenvalue weighted by Crippen LogP contribution is -2.47. The van der Waals surface area contributed by atoms with Crippen molar-refractivity contribution < 1.29 is 17.5 Å². The number of halogens is 1. The average molecular weight is 409 g/mol. The standard InChI is InChI=1S/C18H24FN5O3S/c1-22(2)18-20-11-15(13-6-5-7-14(19)10-13)17(21-18)16-12-24(8-9-27-16)28(25,26)23(3)4/h5-7,10-11,16H,8-9,12H2,1-4H3. The van der Waals surface area contributed by atoms with E-state index in [9.17, 15) is 12.8 Å². The fourth-order valence-corrected chi connectivity index (χ4v) is 4.05. The normalized spacial score (nSPS) is 18.4. The lowest BCUT2D eigenvalue weighted by molar-refractivity contribution is -0.00590. The highest BCUT2D eigenvalue weighted by Gasteiger charge is 2.33. The van der Waals surface area contributed by atoms with Gasteiger partial charge in [0.05, 0.1) is 12.3 Å². The Kier molecular flexibility index (Phi) is 5.94. The molecule has 152 valence electrons. The molecule has 0 saturated carbocycles. The molecule has 28 heavy (non-hydrogen) atoms. The predicted octanol–water partition coefficient (Wildman–Crippen LogP) is 1.53. The predicted molar refractivity (Wildman–Crippen MR) is 105 cm³/mol. The second-order valence-corrected chi connectivity index (χ2v) is 9.02. The van der Waals surface area contributed by atoms with Gasteiger partial charge in [0.1, 0.15) is 11.9 Å². The van der Waals surface area contributed by atoms with Crippen LogP contribution in [0.15, 0.2) is 30.5 Å². The summed E-state index contributed by atoms with van der Waals surface area (Å²) in [5.74, 6) is 0.0906. The highest BCUT2D eigenvalue weighted by atomic mass is 32.2. The molecule has 1 aromatic heterocycles. The lowest BCUT2D eigenvalue weighted by Gasteiger charge is -2.34. The summed E-state index contributed by atoms with van der Waals surface area (Å²) in [6.45, 7) is 0.617. The molecular formula is C18H24FN5O3S. The molecule has 0 spiro atoms. The number of morpholine rings is 1. The molecule has 1 unspecified atom stereocenters. The number of hydrogen-bond donors (Lipinski definition) is 0. The quantitative estimate of drug-likeness (QED) is 0.745. The Hall–Kier alpha value is -2.14. The largest absolute Gasteiger partial charge is 0.369 e. The van der Waals surface area contributed by atoms with Crippen LogP contribution in [0.5, 0.6) is 0 Å². The zero-order valence-electron chi connectivity index (χ0n) is 16.3. The minimum Gasteiger partial charge on any atom is -0.369 e. The van der Waals surface area contributed by atoms with Crippen LogP contribution in [-0.4, -0.2) is 74.9 Å². The number of anilines is 1. The number of aromatic nitrogens is 2. The van der Waals surface area contributed by atoms with Gasteiger partial charge in [-0.25, -0.2) is 14.4 Å². The van der Waals surface area contributed by atoms with Crippen LogP contribution in [0.4, 0.5) is 10.3 Å². The van der Waals surface area contributed by atoms with Gasteiger partial charge in [0.15, 0.2) is 0 Å². The smallest absolute Gasteiger partial charge is 0.281 e. The van der Waals surface area contributed by atoms with Crippen molar-refractivity contribution in [2.24, 2.45) is 0 Å². The van der Waals surface area contributed by atoms with E-state index in [0.29, 0.717) is 22.8 Å². The van der Waals surface area contributed by atoms with Crippen molar-refractivity contribution in [1.82, 2.24) is 18.6 Å². The SMILES string of the molecule is CN(C)c1ncc(-c2cccc(F)c2)c(C2CN(S(=O)(=O)N(C)C)CCO2)n1. The molecule has 1 saturated heterocycles. The van der Waals surface area contributed by atoms with E-state index in [1.54, 1.807) is 23.2 Å². The number of rotatable bonds is 5. The third kappa shape index (κ3) is 4.14. The van der Waals surface area contributed by atoms with Crippen molar-refractivity contribution in [1.29, 1.82) is 0 Å². The van der Waals surface area contributed by atoms with E-state index in [1.165, 1.54) is 34.8 Å². The first-order chi connectivity index (χ1) is 13.2. The molecule has 8 nitrogen and oxygen atoms in total. The molecule has 1 aliphatic rings. The average Bonchev–Trinajstić information content (AvgIpc) is 2.67. The van der Waals surface area contributed by atoms with Gasteiger partial charge in [-0.05, 0) is 17.7 Å². The van der Waals surface area contributed by atoms with Crippen LogP contribution < -0.4 is 4.90 Å². The maximum absolute atomic E-state index is 13.8. The van der Waals surface area contributed by atoms with Crippen molar-refractivity contribution in [3.8, 4) is 11.1 Å². The van der Waals surface area contributed by atoms with Crippen LogP contribution >= 0.6 is 0 Å². The van der Waals surface area contributed by atoms with Crippen molar-refractivity contribution in [2.75, 3.05) is 52.8 Å². The molecule has 2 aromatic rings. The van der Waals surface area contributed by atoms with Gasteiger partial charge in [-0.1, -0.05) is 12.1 Å². The Labute approximate surface area is 164 Å². The zero-order valence-corrected chi connectivity index (χ0v) is 17.1. The van der Waals surface area contributed by atoms with Crippen molar-refractivity contribution in [3.05, 3.63) is 42.0 Å². The van der Waals surface area contributed by atoms with E-state index < -0.39 is 16.3 Å². The summed E-state index contributed by atoms with van der Waals surface area (Å²) < 4.78 is 47.3. The Morgan fingerprint density at radius 2 is 2.00 bits per heavy atom. The Bertz CT molecular complexity index is 952. The van der Waals surface area contributed by atoms with Crippen molar-refractivity contribution >= 4 is 16.2 Å². The Balaban J connectivity index is 2.05. The molecule has 0 radical (unpaired) electrons. The number of nitrogens with zero attached hydrogens (tertiary/aromatic N) is 5. The molecule has 1 atom stereocenters. The third-order valence-corrected chi connectivity index (χ3v) is 6.37. The van der Waals surface area contributed by atoms with E-state index in [4.69, 9.17) is 4.74 Å². The number of ether oxygens (including phenoxy) is 1. The zero-order chi connectivity index (χ0) is 20.5. The van der Waals surface area contributed by atoms with Crippen molar-refractivity contribution in [2.45, 2.75) is 6.10 Å². The second-order valence-electron chi connectivity index (χ2n) is 6.88. The summed E-state index contributed by atoms with van der Waals surface area (Å²) in [6, 6.07) is 6.13. The molecule has 1 aromatic carbocycles. The van der Waals surface area contributed by atoms with Crippen LogP contribution in [0.3, 0.4) is 0 Å². The molecule has 1 aliphatic heterocycles. The van der Waals surface area contributed by atoms with Gasteiger partial charge in [-0.15, -0.1) is 0 Å². The molecule has 10 heteroatoms. The fourth-order valence-electron chi connectivity index (χ4n) is 2.96. The van der Waals surface area contributed by atoms with Crippen molar-refractivity contribution in [3.63, 3.8) is 0 Å². The minimum absolute atomic E-state index is 0.118. The monoisotopic (exact) mass is 409 g/mol. The first-order valence-corrected chi connectivity index (χ1v) is 10.2. The Morgan fingerprint density at radius 1 is 1.25 bits per heavy atom. The summed E-state index contributed by atoms with van der Waals surface area (Å²) >= 11 is 0. The molecule has 2 heterocycles. The van der Waals surface area contributed by atoms with E-state index in [1.807, 2.05) is 14.1 Å². The van der Waals surface area contributed by atoms with E-state index in [0.717, 1.165) is 0 Å².